The van der Waals surface area contributed by atoms with Gasteiger partial charge in [0.15, 0.2) is 0 Å². The van der Waals surface area contributed by atoms with Crippen LogP contribution in [0.1, 0.15) is 47.7 Å². The van der Waals surface area contributed by atoms with Gasteiger partial charge >= 0.3 is 0 Å². The molecule has 4 heteroatoms. The lowest BCUT2D eigenvalue weighted by Crippen LogP contribution is -2.25. The smallest absolute Gasteiger partial charge is 0.252 e. The molecule has 0 unspecified atom stereocenters. The first kappa shape index (κ1) is 17.8. The predicted octanol–water partition coefficient (Wildman–Crippen LogP) is 5.48. The maximum Gasteiger partial charge on any atom is 0.252 e. The van der Waals surface area contributed by atoms with Gasteiger partial charge in [0.2, 0.25) is 0 Å². The van der Waals surface area contributed by atoms with Crippen LogP contribution in [0.2, 0.25) is 10.0 Å². The molecule has 0 aliphatic carbocycles. The summed E-state index contributed by atoms with van der Waals surface area (Å²) in [6, 6.07) is 13.6. The number of carbonyl (C=O) groups is 1. The van der Waals surface area contributed by atoms with Crippen LogP contribution in [0.4, 0.5) is 0 Å². The first-order valence-corrected chi connectivity index (χ1v) is 8.55. The monoisotopic (exact) mass is 349 g/mol. The second-order valence-corrected chi connectivity index (χ2v) is 6.72. The number of amides is 1. The Morgan fingerprint density at radius 3 is 2.39 bits per heavy atom. The Morgan fingerprint density at radius 2 is 1.78 bits per heavy atom. The van der Waals surface area contributed by atoms with Crippen LogP contribution < -0.4 is 5.32 Å². The molecular weight excluding hydrogens is 329 g/mol. The van der Waals surface area contributed by atoms with Gasteiger partial charge in [0, 0.05) is 11.6 Å². The fourth-order valence-electron chi connectivity index (χ4n) is 2.33. The van der Waals surface area contributed by atoms with Gasteiger partial charge in [-0.1, -0.05) is 61.3 Å². The van der Waals surface area contributed by atoms with E-state index in [4.69, 9.17) is 23.2 Å². The molecule has 0 spiro atoms. The van der Waals surface area contributed by atoms with Gasteiger partial charge in [-0.15, -0.1) is 0 Å². The van der Waals surface area contributed by atoms with E-state index in [9.17, 15) is 4.79 Å². The Kier molecular flexibility index (Phi) is 6.49. The van der Waals surface area contributed by atoms with Crippen LogP contribution in [-0.4, -0.2) is 12.5 Å². The molecule has 1 amide bonds. The van der Waals surface area contributed by atoms with Crippen molar-refractivity contribution in [3.05, 3.63) is 69.2 Å². The van der Waals surface area contributed by atoms with Gasteiger partial charge < -0.3 is 5.32 Å². The number of hydrogen-bond acceptors (Lipinski definition) is 1. The van der Waals surface area contributed by atoms with Gasteiger partial charge in [-0.2, -0.15) is 0 Å². The maximum absolute atomic E-state index is 12.1. The molecule has 0 aliphatic rings. The largest absolute Gasteiger partial charge is 0.352 e. The van der Waals surface area contributed by atoms with Gasteiger partial charge in [0.05, 0.1) is 10.6 Å². The van der Waals surface area contributed by atoms with E-state index in [1.807, 2.05) is 0 Å². The zero-order chi connectivity index (χ0) is 16.8. The summed E-state index contributed by atoms with van der Waals surface area (Å²) in [5, 5.41) is 3.79. The average molecular weight is 350 g/mol. The lowest BCUT2D eigenvalue weighted by molar-refractivity contribution is 0.0953. The summed E-state index contributed by atoms with van der Waals surface area (Å²) in [7, 11) is 0. The van der Waals surface area contributed by atoms with Crippen molar-refractivity contribution in [2.45, 2.75) is 32.6 Å². The molecule has 0 saturated carbocycles. The van der Waals surface area contributed by atoms with Crippen LogP contribution in [0.25, 0.3) is 0 Å². The standard InChI is InChI=1S/C19H21Cl2NO/c1-13(2)15-7-5-14(6-8-15)4-3-11-22-19(23)17-10-9-16(20)12-18(17)21/h5-10,12-13H,3-4,11H2,1-2H3,(H,22,23). The molecule has 2 nitrogen and oxygen atoms in total. The van der Waals surface area contributed by atoms with Crippen LogP contribution in [0, 0.1) is 0 Å². The van der Waals surface area contributed by atoms with Gasteiger partial charge in [-0.25, -0.2) is 0 Å². The Labute approximate surface area is 147 Å². The topological polar surface area (TPSA) is 29.1 Å². The Bertz CT molecular complexity index is 666. The highest BCUT2D eigenvalue weighted by Gasteiger charge is 2.09. The third-order valence-electron chi connectivity index (χ3n) is 3.75. The van der Waals surface area contributed by atoms with Crippen LogP contribution >= 0.6 is 23.2 Å². The summed E-state index contributed by atoms with van der Waals surface area (Å²) in [5.74, 6) is 0.384. The minimum absolute atomic E-state index is 0.165. The molecule has 0 saturated heterocycles. The highest BCUT2D eigenvalue weighted by molar-refractivity contribution is 6.36. The Hall–Kier alpha value is -1.51. The number of carbonyl (C=O) groups excluding carboxylic acids is 1. The molecule has 0 radical (unpaired) electrons. The van der Waals surface area contributed by atoms with Gasteiger partial charge in [-0.3, -0.25) is 4.79 Å². The van der Waals surface area contributed by atoms with Crippen LogP contribution in [0.5, 0.6) is 0 Å². The van der Waals surface area contributed by atoms with E-state index in [0.29, 0.717) is 28.1 Å². The van der Waals surface area contributed by atoms with E-state index in [0.717, 1.165) is 12.8 Å². The number of aryl methyl sites for hydroxylation is 1. The minimum Gasteiger partial charge on any atom is -0.352 e. The number of halogens is 2. The zero-order valence-electron chi connectivity index (χ0n) is 13.4. The predicted molar refractivity (Wildman–Crippen MR) is 97.6 cm³/mol. The number of benzene rings is 2. The summed E-state index contributed by atoms with van der Waals surface area (Å²) in [6.45, 7) is 4.99. The lowest BCUT2D eigenvalue weighted by Gasteiger charge is -2.08. The van der Waals surface area contributed by atoms with Crippen molar-refractivity contribution in [3.63, 3.8) is 0 Å². The summed E-state index contributed by atoms with van der Waals surface area (Å²) in [6.07, 6.45) is 1.82. The summed E-state index contributed by atoms with van der Waals surface area (Å²) >= 11 is 11.9. The summed E-state index contributed by atoms with van der Waals surface area (Å²) in [5.41, 5.74) is 3.09. The third-order valence-corrected chi connectivity index (χ3v) is 4.30. The van der Waals surface area contributed by atoms with E-state index in [1.54, 1.807) is 18.2 Å². The number of nitrogens with one attached hydrogen (secondary N) is 1. The van der Waals surface area contributed by atoms with Gasteiger partial charge in [0.25, 0.3) is 5.91 Å². The van der Waals surface area contributed by atoms with Crippen molar-refractivity contribution >= 4 is 29.1 Å². The van der Waals surface area contributed by atoms with E-state index in [1.165, 1.54) is 11.1 Å². The van der Waals surface area contributed by atoms with Crippen LogP contribution in [0.15, 0.2) is 42.5 Å². The SMILES string of the molecule is CC(C)c1ccc(CCCNC(=O)c2ccc(Cl)cc2Cl)cc1. The van der Waals surface area contributed by atoms with Crippen molar-refractivity contribution in [1.82, 2.24) is 5.32 Å². The van der Waals surface area contributed by atoms with Gasteiger partial charge in [0.1, 0.15) is 0 Å². The second kappa shape index (κ2) is 8.37. The molecule has 23 heavy (non-hydrogen) atoms. The molecule has 0 aliphatic heterocycles. The third kappa shape index (κ3) is 5.26. The molecule has 0 bridgehead atoms. The molecule has 2 aromatic carbocycles. The summed E-state index contributed by atoms with van der Waals surface area (Å²) in [4.78, 5) is 12.1. The molecule has 0 aromatic heterocycles. The quantitative estimate of drug-likeness (QED) is 0.687. The fraction of sp³-hybridized carbons (Fsp3) is 0.316. The Balaban J connectivity index is 1.79. The van der Waals surface area contributed by atoms with E-state index >= 15 is 0 Å². The first-order chi connectivity index (χ1) is 11.0. The molecule has 0 atom stereocenters. The highest BCUT2D eigenvalue weighted by atomic mass is 35.5. The maximum atomic E-state index is 12.1. The Morgan fingerprint density at radius 1 is 1.09 bits per heavy atom. The average Bonchev–Trinajstić information content (AvgIpc) is 2.51. The molecule has 0 heterocycles. The van der Waals surface area contributed by atoms with Gasteiger partial charge in [-0.05, 0) is 48.1 Å². The minimum atomic E-state index is -0.165. The van der Waals surface area contributed by atoms with Crippen molar-refractivity contribution < 1.29 is 4.79 Å². The lowest BCUT2D eigenvalue weighted by atomic mass is 10.0. The molecular formula is C19H21Cl2NO. The molecule has 0 fully saturated rings. The van der Waals surface area contributed by atoms with Crippen LogP contribution in [0.3, 0.4) is 0 Å². The van der Waals surface area contributed by atoms with Crippen molar-refractivity contribution in [3.8, 4) is 0 Å². The second-order valence-electron chi connectivity index (χ2n) is 5.88. The van der Waals surface area contributed by atoms with E-state index in [-0.39, 0.29) is 5.91 Å². The molecule has 2 rings (SSSR count). The number of rotatable bonds is 6. The zero-order valence-corrected chi connectivity index (χ0v) is 14.9. The van der Waals surface area contributed by atoms with Crippen molar-refractivity contribution in [2.24, 2.45) is 0 Å². The van der Waals surface area contributed by atoms with Crippen molar-refractivity contribution in [2.75, 3.05) is 6.54 Å². The van der Waals surface area contributed by atoms with Crippen molar-refractivity contribution in [1.29, 1.82) is 0 Å². The summed E-state index contributed by atoms with van der Waals surface area (Å²) < 4.78 is 0. The number of hydrogen-bond donors (Lipinski definition) is 1. The molecule has 122 valence electrons. The van der Waals surface area contributed by atoms with Crippen LogP contribution in [-0.2, 0) is 6.42 Å². The van der Waals surface area contributed by atoms with E-state index < -0.39 is 0 Å². The fourth-order valence-corrected chi connectivity index (χ4v) is 2.83. The molecule has 2 aromatic rings. The first-order valence-electron chi connectivity index (χ1n) is 7.79. The highest BCUT2D eigenvalue weighted by Crippen LogP contribution is 2.20. The van der Waals surface area contributed by atoms with E-state index in [2.05, 4.69) is 43.4 Å². The molecule has 1 N–H and O–H groups in total. The normalized spacial score (nSPS) is 10.8.